The van der Waals surface area contributed by atoms with Gasteiger partial charge in [0.25, 0.3) is 0 Å². The first-order valence-electron chi connectivity index (χ1n) is 7.52. The lowest BCUT2D eigenvalue weighted by atomic mass is 10.1. The van der Waals surface area contributed by atoms with E-state index in [0.717, 1.165) is 16.0 Å². The number of nitrogens with zero attached hydrogens (tertiary/aromatic N) is 4. The summed E-state index contributed by atoms with van der Waals surface area (Å²) in [5.41, 5.74) is -1.62. The highest BCUT2D eigenvalue weighted by Crippen LogP contribution is 2.34. The zero-order chi connectivity index (χ0) is 18.4. The topological polar surface area (TPSA) is 79.0 Å². The summed E-state index contributed by atoms with van der Waals surface area (Å²) in [6.07, 6.45) is -3.05. The van der Waals surface area contributed by atoms with E-state index < -0.39 is 29.6 Å². The molecule has 0 saturated heterocycles. The molecule has 0 N–H and O–H groups in total. The van der Waals surface area contributed by atoms with E-state index in [2.05, 4.69) is 10.1 Å². The second-order valence-electron chi connectivity index (χ2n) is 5.66. The summed E-state index contributed by atoms with van der Waals surface area (Å²) in [5, 5.41) is 4.37. The standard InChI is InChI=1S/C14H15F3N4O3S/c1-7-18-11(14(15,16)17)9(25-7)6-20-13(23)21-8(12(22)24-2)4-3-5-10(21)19-20/h8H,3-6H2,1-2H3. The zero-order valence-corrected chi connectivity index (χ0v) is 14.3. The van der Waals surface area contributed by atoms with Gasteiger partial charge in [0.2, 0.25) is 0 Å². The second-order valence-corrected chi connectivity index (χ2v) is 6.95. The normalized spacial score (nSPS) is 17.4. The molecule has 11 heteroatoms. The third-order valence-corrected chi connectivity index (χ3v) is 4.93. The molecule has 0 spiro atoms. The molecule has 0 fully saturated rings. The number of esters is 1. The van der Waals surface area contributed by atoms with Crippen molar-refractivity contribution < 1.29 is 22.7 Å². The molecule has 136 valence electrons. The third kappa shape index (κ3) is 3.20. The van der Waals surface area contributed by atoms with Crippen molar-refractivity contribution in [2.75, 3.05) is 7.11 Å². The number of aromatic nitrogens is 4. The second kappa shape index (κ2) is 6.28. The molecule has 1 atom stereocenters. The van der Waals surface area contributed by atoms with E-state index in [4.69, 9.17) is 4.74 Å². The molecule has 3 heterocycles. The van der Waals surface area contributed by atoms with E-state index in [1.54, 1.807) is 0 Å². The van der Waals surface area contributed by atoms with E-state index >= 15 is 0 Å². The number of halogens is 3. The maximum Gasteiger partial charge on any atom is 0.434 e. The molecule has 0 saturated carbocycles. The Kier molecular flexibility index (Phi) is 4.43. The molecule has 0 bridgehead atoms. The molecule has 0 amide bonds. The number of hydrogen-bond acceptors (Lipinski definition) is 6. The number of hydrogen-bond donors (Lipinski definition) is 0. The Balaban J connectivity index is 2.00. The zero-order valence-electron chi connectivity index (χ0n) is 13.5. The Morgan fingerprint density at radius 1 is 1.44 bits per heavy atom. The number of carbonyl (C=O) groups excluding carboxylic acids is 1. The Hall–Kier alpha value is -2.17. The molecular formula is C14H15F3N4O3S. The van der Waals surface area contributed by atoms with Crippen LogP contribution in [0.1, 0.15) is 40.3 Å². The Morgan fingerprint density at radius 3 is 2.80 bits per heavy atom. The van der Waals surface area contributed by atoms with Crippen molar-refractivity contribution in [3.8, 4) is 0 Å². The highest BCUT2D eigenvalue weighted by Gasteiger charge is 2.38. The van der Waals surface area contributed by atoms with Gasteiger partial charge in [0.15, 0.2) is 5.69 Å². The Labute approximate surface area is 144 Å². The minimum Gasteiger partial charge on any atom is -0.467 e. The number of rotatable bonds is 3. The number of aryl methyl sites for hydroxylation is 2. The summed E-state index contributed by atoms with van der Waals surface area (Å²) in [6, 6.07) is -0.791. The molecule has 3 rings (SSSR count). The minimum atomic E-state index is -4.60. The van der Waals surface area contributed by atoms with Crippen LogP contribution in [0.2, 0.25) is 0 Å². The first-order valence-corrected chi connectivity index (χ1v) is 8.33. The summed E-state index contributed by atoms with van der Waals surface area (Å²) in [6.45, 7) is 1.13. The smallest absolute Gasteiger partial charge is 0.434 e. The SMILES string of the molecule is COC(=O)C1CCCc2nn(Cc3sc(C)nc3C(F)(F)F)c(=O)n21. The van der Waals surface area contributed by atoms with Crippen LogP contribution in [0.4, 0.5) is 13.2 Å². The largest absolute Gasteiger partial charge is 0.467 e. The molecule has 0 aliphatic carbocycles. The molecule has 1 unspecified atom stereocenters. The quantitative estimate of drug-likeness (QED) is 0.765. The average Bonchev–Trinajstić information content (AvgIpc) is 3.07. The van der Waals surface area contributed by atoms with Crippen LogP contribution < -0.4 is 5.69 Å². The van der Waals surface area contributed by atoms with Gasteiger partial charge in [-0.1, -0.05) is 0 Å². The van der Waals surface area contributed by atoms with Gasteiger partial charge in [-0.2, -0.15) is 18.3 Å². The van der Waals surface area contributed by atoms with Crippen LogP contribution in [0.15, 0.2) is 4.79 Å². The van der Waals surface area contributed by atoms with Gasteiger partial charge in [0, 0.05) is 6.42 Å². The van der Waals surface area contributed by atoms with Gasteiger partial charge in [-0.25, -0.2) is 19.3 Å². The van der Waals surface area contributed by atoms with E-state index in [1.165, 1.54) is 18.6 Å². The fourth-order valence-corrected chi connectivity index (χ4v) is 3.87. The lowest BCUT2D eigenvalue weighted by molar-refractivity contribution is -0.145. The Bertz CT molecular complexity index is 868. The van der Waals surface area contributed by atoms with E-state index in [-0.39, 0.29) is 16.4 Å². The van der Waals surface area contributed by atoms with Gasteiger partial charge in [0.1, 0.15) is 11.9 Å². The van der Waals surface area contributed by atoms with Crippen LogP contribution in [0.25, 0.3) is 0 Å². The summed E-state index contributed by atoms with van der Waals surface area (Å²) < 4.78 is 46.1. The minimum absolute atomic E-state index is 0.0860. The van der Waals surface area contributed by atoms with E-state index in [0.29, 0.717) is 25.1 Å². The number of thiazole rings is 1. The highest BCUT2D eigenvalue weighted by atomic mass is 32.1. The monoisotopic (exact) mass is 376 g/mol. The van der Waals surface area contributed by atoms with Crippen molar-refractivity contribution in [3.05, 3.63) is 31.9 Å². The molecule has 25 heavy (non-hydrogen) atoms. The molecule has 2 aromatic heterocycles. The van der Waals surface area contributed by atoms with Gasteiger partial charge in [-0.05, 0) is 19.8 Å². The van der Waals surface area contributed by atoms with Crippen LogP contribution in [-0.4, -0.2) is 32.4 Å². The van der Waals surface area contributed by atoms with E-state index in [1.807, 2.05) is 0 Å². The van der Waals surface area contributed by atoms with Crippen molar-refractivity contribution in [1.29, 1.82) is 0 Å². The van der Waals surface area contributed by atoms with Gasteiger partial charge < -0.3 is 4.74 Å². The molecule has 7 nitrogen and oxygen atoms in total. The Morgan fingerprint density at radius 2 is 2.16 bits per heavy atom. The molecule has 0 radical (unpaired) electrons. The van der Waals surface area contributed by atoms with Crippen LogP contribution in [0.5, 0.6) is 0 Å². The molecule has 1 aliphatic heterocycles. The van der Waals surface area contributed by atoms with Gasteiger partial charge >= 0.3 is 17.8 Å². The van der Waals surface area contributed by atoms with Crippen molar-refractivity contribution in [2.45, 2.75) is 44.9 Å². The first-order chi connectivity index (χ1) is 11.7. The summed E-state index contributed by atoms with van der Waals surface area (Å²) in [5.74, 6) is -0.186. The maximum absolute atomic E-state index is 13.1. The molecule has 0 aromatic carbocycles. The molecule has 2 aromatic rings. The van der Waals surface area contributed by atoms with Gasteiger partial charge in [-0.15, -0.1) is 11.3 Å². The third-order valence-electron chi connectivity index (χ3n) is 3.97. The number of ether oxygens (including phenoxy) is 1. The lowest BCUT2D eigenvalue weighted by Gasteiger charge is -2.20. The average molecular weight is 376 g/mol. The predicted octanol–water partition coefficient (Wildman–Crippen LogP) is 1.93. The number of carbonyl (C=O) groups is 1. The van der Waals surface area contributed by atoms with Crippen molar-refractivity contribution in [3.63, 3.8) is 0 Å². The first kappa shape index (κ1) is 17.6. The fourth-order valence-electron chi connectivity index (χ4n) is 2.93. The van der Waals surface area contributed by atoms with Crippen LogP contribution in [0, 0.1) is 6.92 Å². The summed E-state index contributed by atoms with van der Waals surface area (Å²) in [4.78, 5) is 27.9. The fraction of sp³-hybridized carbons (Fsp3) is 0.571. The number of fused-ring (bicyclic) bond motifs is 1. The summed E-state index contributed by atoms with van der Waals surface area (Å²) >= 11 is 0.871. The maximum atomic E-state index is 13.1. The summed E-state index contributed by atoms with van der Waals surface area (Å²) in [7, 11) is 1.22. The molecule has 1 aliphatic rings. The predicted molar refractivity (Wildman–Crippen MR) is 81.4 cm³/mol. The van der Waals surface area contributed by atoms with Gasteiger partial charge in [0.05, 0.1) is 23.5 Å². The molecular weight excluding hydrogens is 361 g/mol. The number of alkyl halides is 3. The van der Waals surface area contributed by atoms with Crippen LogP contribution in [0.3, 0.4) is 0 Å². The van der Waals surface area contributed by atoms with Crippen molar-refractivity contribution in [2.24, 2.45) is 0 Å². The van der Waals surface area contributed by atoms with Crippen molar-refractivity contribution in [1.82, 2.24) is 19.3 Å². The van der Waals surface area contributed by atoms with Crippen LogP contribution >= 0.6 is 11.3 Å². The van der Waals surface area contributed by atoms with E-state index in [9.17, 15) is 22.8 Å². The van der Waals surface area contributed by atoms with Crippen LogP contribution in [-0.2, 0) is 28.7 Å². The number of methoxy groups -OCH3 is 1. The highest BCUT2D eigenvalue weighted by molar-refractivity contribution is 7.11. The van der Waals surface area contributed by atoms with Crippen molar-refractivity contribution >= 4 is 17.3 Å². The lowest BCUT2D eigenvalue weighted by Crippen LogP contribution is -2.35. The van der Waals surface area contributed by atoms with Gasteiger partial charge in [-0.3, -0.25) is 4.57 Å².